The zero-order valence-corrected chi connectivity index (χ0v) is 18.3. The molecular formula is C26H29NO4. The Labute approximate surface area is 183 Å². The van der Waals surface area contributed by atoms with Crippen LogP contribution >= 0.6 is 0 Å². The van der Waals surface area contributed by atoms with Gasteiger partial charge in [-0.3, -0.25) is 0 Å². The van der Waals surface area contributed by atoms with Crippen molar-refractivity contribution >= 4 is 0 Å². The van der Waals surface area contributed by atoms with Crippen LogP contribution in [-0.4, -0.2) is 33.0 Å². The van der Waals surface area contributed by atoms with Crippen molar-refractivity contribution in [1.82, 2.24) is 5.32 Å². The van der Waals surface area contributed by atoms with Gasteiger partial charge in [-0.25, -0.2) is 0 Å². The number of aromatic hydroxyl groups is 1. The van der Waals surface area contributed by atoms with Gasteiger partial charge in [-0.15, -0.1) is 0 Å². The molecule has 0 spiro atoms. The van der Waals surface area contributed by atoms with E-state index in [9.17, 15) is 5.11 Å². The molecule has 0 aromatic heterocycles. The van der Waals surface area contributed by atoms with Gasteiger partial charge in [0.2, 0.25) is 0 Å². The molecule has 4 rings (SSSR count). The quantitative estimate of drug-likeness (QED) is 0.570. The number of hydrogen-bond donors (Lipinski definition) is 2. The third kappa shape index (κ3) is 4.06. The standard InChI is InChI=1S/C26H29NO4/c1-29-21-11-7-10-19(26(21)31-3)24-23-18(16-22(30-2)25(24)28)14-15-27-20(23)13-12-17-8-5-4-6-9-17/h4-11,16,20,27-28H,12-15H2,1-3H3. The first-order valence-corrected chi connectivity index (χ1v) is 10.6. The third-order valence-corrected chi connectivity index (χ3v) is 5.98. The minimum atomic E-state index is 0.103. The average Bonchev–Trinajstić information content (AvgIpc) is 2.82. The summed E-state index contributed by atoms with van der Waals surface area (Å²) in [4.78, 5) is 0. The molecule has 0 radical (unpaired) electrons. The summed E-state index contributed by atoms with van der Waals surface area (Å²) in [6.45, 7) is 0.884. The van der Waals surface area contributed by atoms with Crippen LogP contribution in [-0.2, 0) is 12.8 Å². The van der Waals surface area contributed by atoms with Gasteiger partial charge in [0.1, 0.15) is 0 Å². The normalized spacial score (nSPS) is 15.3. The Balaban J connectivity index is 1.86. The highest BCUT2D eigenvalue weighted by Crippen LogP contribution is 2.50. The lowest BCUT2D eigenvalue weighted by atomic mass is 9.83. The first-order valence-electron chi connectivity index (χ1n) is 10.6. The predicted octanol–water partition coefficient (Wildman–Crippen LogP) is 4.90. The number of rotatable bonds is 7. The van der Waals surface area contributed by atoms with Gasteiger partial charge < -0.3 is 24.6 Å². The second-order valence-electron chi connectivity index (χ2n) is 7.70. The maximum absolute atomic E-state index is 11.2. The number of phenols is 1. The van der Waals surface area contributed by atoms with Crippen LogP contribution < -0.4 is 19.5 Å². The van der Waals surface area contributed by atoms with E-state index in [1.165, 1.54) is 11.1 Å². The molecule has 1 heterocycles. The van der Waals surface area contributed by atoms with Crippen LogP contribution in [0, 0.1) is 0 Å². The maximum atomic E-state index is 11.2. The van der Waals surface area contributed by atoms with Gasteiger partial charge in [-0.1, -0.05) is 42.5 Å². The Bertz CT molecular complexity index is 1050. The summed E-state index contributed by atoms with van der Waals surface area (Å²) in [7, 11) is 4.82. The smallest absolute Gasteiger partial charge is 0.168 e. The molecule has 2 N–H and O–H groups in total. The van der Waals surface area contributed by atoms with Gasteiger partial charge in [-0.2, -0.15) is 0 Å². The highest BCUT2D eigenvalue weighted by Gasteiger charge is 2.30. The molecule has 0 bridgehead atoms. The molecule has 3 aromatic carbocycles. The molecule has 1 aliphatic rings. The van der Waals surface area contributed by atoms with Crippen molar-refractivity contribution in [2.45, 2.75) is 25.3 Å². The fourth-order valence-corrected chi connectivity index (χ4v) is 4.52. The summed E-state index contributed by atoms with van der Waals surface area (Å²) in [6, 6.07) is 18.3. The van der Waals surface area contributed by atoms with Crippen LogP contribution in [0.4, 0.5) is 0 Å². The number of benzene rings is 3. The third-order valence-electron chi connectivity index (χ3n) is 5.98. The SMILES string of the molecule is COc1cc2c(c(-c3cccc(OC)c3OC)c1O)C(CCc1ccccc1)NCC2. The van der Waals surface area contributed by atoms with E-state index in [0.29, 0.717) is 17.2 Å². The molecule has 0 saturated carbocycles. The number of para-hydroxylation sites is 1. The lowest BCUT2D eigenvalue weighted by molar-refractivity contribution is 0.355. The highest BCUT2D eigenvalue weighted by atomic mass is 16.5. The van der Waals surface area contributed by atoms with Crippen molar-refractivity contribution in [2.24, 2.45) is 0 Å². The fourth-order valence-electron chi connectivity index (χ4n) is 4.52. The van der Waals surface area contributed by atoms with Crippen molar-refractivity contribution in [3.8, 4) is 34.1 Å². The molecule has 0 aliphatic carbocycles. The number of nitrogens with one attached hydrogen (secondary N) is 1. The number of fused-ring (bicyclic) bond motifs is 1. The van der Waals surface area contributed by atoms with E-state index in [1.54, 1.807) is 21.3 Å². The molecule has 1 unspecified atom stereocenters. The zero-order chi connectivity index (χ0) is 21.8. The topological polar surface area (TPSA) is 60.0 Å². The van der Waals surface area contributed by atoms with Crippen molar-refractivity contribution in [2.75, 3.05) is 27.9 Å². The predicted molar refractivity (Wildman–Crippen MR) is 122 cm³/mol. The highest BCUT2D eigenvalue weighted by molar-refractivity contribution is 5.84. The second-order valence-corrected chi connectivity index (χ2v) is 7.70. The number of ether oxygens (including phenoxy) is 3. The lowest BCUT2D eigenvalue weighted by Crippen LogP contribution is -2.31. The molecule has 0 fully saturated rings. The van der Waals surface area contributed by atoms with Crippen LogP contribution in [0.5, 0.6) is 23.0 Å². The number of phenolic OH excluding ortho intramolecular Hbond substituents is 1. The van der Waals surface area contributed by atoms with E-state index in [4.69, 9.17) is 14.2 Å². The van der Waals surface area contributed by atoms with Crippen LogP contribution in [0.1, 0.15) is 29.2 Å². The largest absolute Gasteiger partial charge is 0.504 e. The van der Waals surface area contributed by atoms with Crippen molar-refractivity contribution in [3.63, 3.8) is 0 Å². The summed E-state index contributed by atoms with van der Waals surface area (Å²) in [5, 5.41) is 14.9. The van der Waals surface area contributed by atoms with Gasteiger partial charge >= 0.3 is 0 Å². The van der Waals surface area contributed by atoms with Crippen LogP contribution in [0.15, 0.2) is 54.6 Å². The van der Waals surface area contributed by atoms with Gasteiger partial charge in [0.25, 0.3) is 0 Å². The van der Waals surface area contributed by atoms with Crippen molar-refractivity contribution in [1.29, 1.82) is 0 Å². The monoisotopic (exact) mass is 419 g/mol. The first-order chi connectivity index (χ1) is 15.2. The summed E-state index contributed by atoms with van der Waals surface area (Å²) in [5.41, 5.74) is 5.13. The van der Waals surface area contributed by atoms with E-state index in [2.05, 4.69) is 29.6 Å². The minimum Gasteiger partial charge on any atom is -0.504 e. The Kier molecular flexibility index (Phi) is 6.33. The summed E-state index contributed by atoms with van der Waals surface area (Å²) < 4.78 is 16.8. The fraction of sp³-hybridized carbons (Fsp3) is 0.308. The van der Waals surface area contributed by atoms with Crippen LogP contribution in [0.3, 0.4) is 0 Å². The Morgan fingerprint density at radius 1 is 0.935 bits per heavy atom. The van der Waals surface area contributed by atoms with E-state index in [0.717, 1.165) is 42.5 Å². The summed E-state index contributed by atoms with van der Waals surface area (Å²) in [6.07, 6.45) is 2.73. The molecule has 31 heavy (non-hydrogen) atoms. The van der Waals surface area contributed by atoms with Crippen LogP contribution in [0.2, 0.25) is 0 Å². The van der Waals surface area contributed by atoms with Gasteiger partial charge in [0.15, 0.2) is 23.0 Å². The molecule has 1 aliphatic heterocycles. The molecule has 1 atom stereocenters. The van der Waals surface area contributed by atoms with Gasteiger partial charge in [0, 0.05) is 17.2 Å². The molecule has 162 valence electrons. The zero-order valence-electron chi connectivity index (χ0n) is 18.3. The Morgan fingerprint density at radius 2 is 1.71 bits per heavy atom. The Morgan fingerprint density at radius 3 is 2.42 bits per heavy atom. The average molecular weight is 420 g/mol. The molecule has 5 heteroatoms. The number of methoxy groups -OCH3 is 3. The van der Waals surface area contributed by atoms with E-state index in [-0.39, 0.29) is 11.8 Å². The molecule has 5 nitrogen and oxygen atoms in total. The van der Waals surface area contributed by atoms with Crippen LogP contribution in [0.25, 0.3) is 11.1 Å². The molecule has 0 amide bonds. The summed E-state index contributed by atoms with van der Waals surface area (Å²) in [5.74, 6) is 1.83. The van der Waals surface area contributed by atoms with Gasteiger partial charge in [0.05, 0.1) is 21.3 Å². The second kappa shape index (κ2) is 9.31. The van der Waals surface area contributed by atoms with E-state index >= 15 is 0 Å². The van der Waals surface area contributed by atoms with E-state index in [1.807, 2.05) is 30.3 Å². The summed E-state index contributed by atoms with van der Waals surface area (Å²) >= 11 is 0. The molecule has 3 aromatic rings. The van der Waals surface area contributed by atoms with E-state index < -0.39 is 0 Å². The number of aryl methyl sites for hydroxylation is 1. The number of hydrogen-bond acceptors (Lipinski definition) is 5. The maximum Gasteiger partial charge on any atom is 0.168 e. The Hall–Kier alpha value is -3.18. The minimum absolute atomic E-state index is 0.103. The van der Waals surface area contributed by atoms with Crippen molar-refractivity contribution in [3.05, 3.63) is 71.3 Å². The van der Waals surface area contributed by atoms with Crippen molar-refractivity contribution < 1.29 is 19.3 Å². The lowest BCUT2D eigenvalue weighted by Gasteiger charge is -2.31. The molecular weight excluding hydrogens is 390 g/mol. The van der Waals surface area contributed by atoms with Gasteiger partial charge in [-0.05, 0) is 54.6 Å². The first kappa shape index (κ1) is 21.1. The molecule has 0 saturated heterocycles.